The lowest BCUT2D eigenvalue weighted by Crippen LogP contribution is -2.04. The van der Waals surface area contributed by atoms with Crippen LogP contribution >= 0.6 is 12.4 Å². The lowest BCUT2D eigenvalue weighted by Gasteiger charge is -2.06. The number of nitrogens with zero attached hydrogens (tertiary/aromatic N) is 1. The predicted octanol–water partition coefficient (Wildman–Crippen LogP) is 5.18. The number of aromatic nitrogens is 2. The minimum Gasteiger partial charge on any atom is -0.497 e. The van der Waals surface area contributed by atoms with E-state index in [4.69, 9.17) is 14.9 Å². The summed E-state index contributed by atoms with van der Waals surface area (Å²) in [5.74, 6) is 0.999. The van der Waals surface area contributed by atoms with E-state index in [9.17, 15) is 0 Å². The number of methoxy groups -OCH3 is 1. The first-order valence-corrected chi connectivity index (χ1v) is 8.47. The first-order valence-electron chi connectivity index (χ1n) is 8.47. The van der Waals surface area contributed by atoms with Crippen LogP contribution in [-0.2, 0) is 4.74 Å². The number of ether oxygens (including phenoxy) is 2. The van der Waals surface area contributed by atoms with Crippen LogP contribution in [0.15, 0.2) is 54.6 Å². The van der Waals surface area contributed by atoms with Gasteiger partial charge >= 0.3 is 0 Å². The fraction of sp³-hybridized carbons (Fsp3) is 0.143. The van der Waals surface area contributed by atoms with Crippen LogP contribution in [0.1, 0.15) is 12.5 Å². The summed E-state index contributed by atoms with van der Waals surface area (Å²) in [4.78, 5) is 0. The van der Waals surface area contributed by atoms with Crippen molar-refractivity contribution in [3.05, 3.63) is 60.2 Å². The molecule has 4 rings (SSSR count). The normalized spacial score (nSPS) is 10.6. The summed E-state index contributed by atoms with van der Waals surface area (Å²) in [6, 6.07) is 18.0. The Morgan fingerprint density at radius 2 is 1.85 bits per heavy atom. The Morgan fingerprint density at radius 1 is 1.04 bits per heavy atom. The molecule has 0 amide bonds. The van der Waals surface area contributed by atoms with E-state index in [1.54, 1.807) is 7.11 Å². The fourth-order valence-electron chi connectivity index (χ4n) is 3.10. The summed E-state index contributed by atoms with van der Waals surface area (Å²) in [7, 11) is 1.67. The van der Waals surface area contributed by atoms with Gasteiger partial charge in [-0.2, -0.15) is 5.10 Å². The third-order valence-corrected chi connectivity index (χ3v) is 4.43. The first kappa shape index (κ1) is 18.7. The van der Waals surface area contributed by atoms with E-state index in [0.717, 1.165) is 44.2 Å². The van der Waals surface area contributed by atoms with Crippen molar-refractivity contribution < 1.29 is 9.47 Å². The molecule has 3 aromatic carbocycles. The number of hydrogen-bond acceptors (Lipinski definition) is 4. The zero-order chi connectivity index (χ0) is 18.1. The summed E-state index contributed by atoms with van der Waals surface area (Å²) >= 11 is 0. The molecule has 0 saturated heterocycles. The third-order valence-electron chi connectivity index (χ3n) is 4.43. The molecule has 2 N–H and O–H groups in total. The third kappa shape index (κ3) is 3.46. The molecule has 4 aromatic rings. The van der Waals surface area contributed by atoms with E-state index < -0.39 is 0 Å². The molecule has 0 aliphatic rings. The molecule has 27 heavy (non-hydrogen) atoms. The molecule has 1 heterocycles. The van der Waals surface area contributed by atoms with E-state index in [1.165, 1.54) is 0 Å². The molecular weight excluding hydrogens is 362 g/mol. The van der Waals surface area contributed by atoms with Crippen LogP contribution < -0.4 is 4.74 Å². The Kier molecular flexibility index (Phi) is 5.33. The lowest BCUT2D eigenvalue weighted by molar-refractivity contribution is 0.325. The molecule has 5 nitrogen and oxygen atoms in total. The number of H-pyrrole nitrogens is 1. The van der Waals surface area contributed by atoms with Crippen LogP contribution in [0.2, 0.25) is 0 Å². The van der Waals surface area contributed by atoms with Crippen molar-refractivity contribution in [1.29, 1.82) is 5.41 Å². The number of aromatic amines is 1. The molecule has 6 heteroatoms. The van der Waals surface area contributed by atoms with E-state index in [-0.39, 0.29) is 18.3 Å². The maximum atomic E-state index is 8.02. The van der Waals surface area contributed by atoms with Gasteiger partial charge in [0.1, 0.15) is 5.75 Å². The average molecular weight is 382 g/mol. The minimum atomic E-state index is 0. The van der Waals surface area contributed by atoms with Gasteiger partial charge in [-0.15, -0.1) is 12.4 Å². The molecule has 0 aliphatic heterocycles. The van der Waals surface area contributed by atoms with Gasteiger partial charge in [-0.3, -0.25) is 10.5 Å². The monoisotopic (exact) mass is 381 g/mol. The van der Waals surface area contributed by atoms with Gasteiger partial charge in [0.05, 0.1) is 24.9 Å². The van der Waals surface area contributed by atoms with E-state index in [1.807, 2.05) is 43.3 Å². The van der Waals surface area contributed by atoms with Gasteiger partial charge in [0.15, 0.2) is 0 Å². The van der Waals surface area contributed by atoms with Crippen molar-refractivity contribution in [2.24, 2.45) is 0 Å². The molecule has 0 saturated carbocycles. The van der Waals surface area contributed by atoms with Crippen molar-refractivity contribution in [3.63, 3.8) is 0 Å². The van der Waals surface area contributed by atoms with Gasteiger partial charge in [-0.25, -0.2) is 0 Å². The summed E-state index contributed by atoms with van der Waals surface area (Å²) in [5.41, 5.74) is 3.54. The number of nitrogens with one attached hydrogen (secondary N) is 2. The number of hydrogen-bond donors (Lipinski definition) is 2. The second-order valence-electron chi connectivity index (χ2n) is 6.02. The Hall–Kier alpha value is -3.05. The molecule has 0 aliphatic carbocycles. The number of benzene rings is 3. The number of fused-ring (bicyclic) bond motifs is 2. The lowest BCUT2D eigenvalue weighted by atomic mass is 10.0. The van der Waals surface area contributed by atoms with E-state index in [0.29, 0.717) is 6.61 Å². The van der Waals surface area contributed by atoms with Gasteiger partial charge in [0.25, 0.3) is 0 Å². The quantitative estimate of drug-likeness (QED) is 0.378. The smallest absolute Gasteiger partial charge is 0.213 e. The SMILES string of the molecule is CCOC(=N)c1ccc2[nH]nc(-c3ccc4ccc(OC)cc4c3)c2c1.Cl. The van der Waals surface area contributed by atoms with Gasteiger partial charge in [-0.05, 0) is 54.1 Å². The summed E-state index contributed by atoms with van der Waals surface area (Å²) in [5, 5.41) is 18.8. The van der Waals surface area contributed by atoms with Crippen molar-refractivity contribution in [3.8, 4) is 17.0 Å². The topological polar surface area (TPSA) is 71.0 Å². The molecule has 1 aromatic heterocycles. The van der Waals surface area contributed by atoms with Crippen molar-refractivity contribution in [2.45, 2.75) is 6.92 Å². The van der Waals surface area contributed by atoms with E-state index >= 15 is 0 Å². The standard InChI is InChI=1S/C21H19N3O2.ClH/c1-3-26-21(22)15-7-9-19-18(12-15)20(24-23-19)14-5-4-13-6-8-17(25-2)11-16(13)10-14;/h4-12,22H,3H2,1-2H3,(H,23,24);1H. The fourth-order valence-corrected chi connectivity index (χ4v) is 3.10. The van der Waals surface area contributed by atoms with Crippen LogP contribution in [-0.4, -0.2) is 29.8 Å². The Labute approximate surface area is 163 Å². The number of halogens is 1. The van der Waals surface area contributed by atoms with Gasteiger partial charge < -0.3 is 9.47 Å². The zero-order valence-corrected chi connectivity index (χ0v) is 15.9. The van der Waals surface area contributed by atoms with Gasteiger partial charge in [0, 0.05) is 16.5 Å². The molecule has 0 atom stereocenters. The summed E-state index contributed by atoms with van der Waals surface area (Å²) in [6.07, 6.45) is 0. The maximum Gasteiger partial charge on any atom is 0.213 e. The van der Waals surface area contributed by atoms with E-state index in [2.05, 4.69) is 28.4 Å². The summed E-state index contributed by atoms with van der Waals surface area (Å²) < 4.78 is 10.6. The Balaban J connectivity index is 0.00000210. The van der Waals surface area contributed by atoms with Crippen LogP contribution in [0.5, 0.6) is 5.75 Å². The van der Waals surface area contributed by atoms with Crippen LogP contribution in [0.3, 0.4) is 0 Å². The first-order chi connectivity index (χ1) is 12.7. The second-order valence-corrected chi connectivity index (χ2v) is 6.02. The van der Waals surface area contributed by atoms with Crippen LogP contribution in [0.4, 0.5) is 0 Å². The molecular formula is C21H20ClN3O2. The molecule has 0 spiro atoms. The van der Waals surface area contributed by atoms with Gasteiger partial charge in [0.2, 0.25) is 5.90 Å². The molecule has 0 unspecified atom stereocenters. The number of rotatable bonds is 4. The average Bonchev–Trinajstić information content (AvgIpc) is 3.10. The molecule has 0 radical (unpaired) electrons. The highest BCUT2D eigenvalue weighted by atomic mass is 35.5. The van der Waals surface area contributed by atoms with Crippen LogP contribution in [0, 0.1) is 5.41 Å². The Morgan fingerprint density at radius 3 is 2.63 bits per heavy atom. The largest absolute Gasteiger partial charge is 0.497 e. The van der Waals surface area contributed by atoms with Crippen molar-refractivity contribution in [2.75, 3.05) is 13.7 Å². The van der Waals surface area contributed by atoms with Crippen molar-refractivity contribution >= 4 is 40.0 Å². The molecule has 0 bridgehead atoms. The highest BCUT2D eigenvalue weighted by molar-refractivity contribution is 6.01. The van der Waals surface area contributed by atoms with Crippen molar-refractivity contribution in [1.82, 2.24) is 10.2 Å². The molecule has 138 valence electrons. The zero-order valence-electron chi connectivity index (χ0n) is 15.1. The van der Waals surface area contributed by atoms with Crippen LogP contribution in [0.25, 0.3) is 32.9 Å². The molecule has 0 fully saturated rings. The maximum absolute atomic E-state index is 8.02. The summed E-state index contributed by atoms with van der Waals surface area (Å²) in [6.45, 7) is 2.35. The highest BCUT2D eigenvalue weighted by Gasteiger charge is 2.12. The Bertz CT molecular complexity index is 1120. The highest BCUT2D eigenvalue weighted by Crippen LogP contribution is 2.31. The predicted molar refractivity (Wildman–Crippen MR) is 111 cm³/mol. The second kappa shape index (κ2) is 7.68. The minimum absolute atomic E-state index is 0. The van der Waals surface area contributed by atoms with Gasteiger partial charge in [-0.1, -0.05) is 18.2 Å².